The first kappa shape index (κ1) is 12.4. The summed E-state index contributed by atoms with van der Waals surface area (Å²) in [5, 5.41) is 0.445. The van der Waals surface area contributed by atoms with Crippen molar-refractivity contribution >= 4 is 58.4 Å². The molecule has 0 saturated carbocycles. The number of aromatic nitrogens is 1. The van der Waals surface area contributed by atoms with E-state index >= 15 is 0 Å². The summed E-state index contributed by atoms with van der Waals surface area (Å²) in [5.74, 6) is 1.20. The normalized spacial score (nSPS) is 20.6. The summed E-state index contributed by atoms with van der Waals surface area (Å²) in [6, 6.07) is 1.83. The van der Waals surface area contributed by atoms with E-state index in [1.54, 1.807) is 11.1 Å². The number of nitrogens with zero attached hydrogens (tertiary/aromatic N) is 2. The van der Waals surface area contributed by atoms with Crippen molar-refractivity contribution in [3.63, 3.8) is 0 Å². The average molecular weight is 369 g/mol. The Balaban J connectivity index is 2.31. The third-order valence-corrected chi connectivity index (χ3v) is 4.77. The molecular formula is C10H10ClIN2OS. The highest BCUT2D eigenvalue weighted by atomic mass is 127. The Morgan fingerprint density at radius 3 is 3.06 bits per heavy atom. The van der Waals surface area contributed by atoms with Gasteiger partial charge in [-0.1, -0.05) is 11.6 Å². The highest BCUT2D eigenvalue weighted by molar-refractivity contribution is 14.1. The van der Waals surface area contributed by atoms with Gasteiger partial charge in [0.2, 0.25) is 5.91 Å². The lowest BCUT2D eigenvalue weighted by atomic mass is 10.1. The van der Waals surface area contributed by atoms with Gasteiger partial charge in [-0.15, -0.1) is 0 Å². The molecule has 1 atom stereocenters. The first-order valence-electron chi connectivity index (χ1n) is 4.84. The van der Waals surface area contributed by atoms with Crippen LogP contribution in [0, 0.1) is 9.49 Å². The number of anilines is 1. The summed E-state index contributed by atoms with van der Waals surface area (Å²) in [4.78, 5) is 17.6. The summed E-state index contributed by atoms with van der Waals surface area (Å²) in [6.07, 6.45) is 2.20. The third-order valence-electron chi connectivity index (χ3n) is 2.58. The zero-order valence-electron chi connectivity index (χ0n) is 8.36. The van der Waals surface area contributed by atoms with E-state index in [4.69, 9.17) is 11.6 Å². The van der Waals surface area contributed by atoms with Gasteiger partial charge >= 0.3 is 0 Å². The maximum Gasteiger partial charge on any atom is 0.227 e. The third kappa shape index (κ3) is 2.31. The summed E-state index contributed by atoms with van der Waals surface area (Å²) in [5.41, 5.74) is 0.856. The van der Waals surface area contributed by atoms with Gasteiger partial charge < -0.3 is 4.90 Å². The lowest BCUT2D eigenvalue weighted by Gasteiger charge is -2.18. The first-order valence-corrected chi connectivity index (χ1v) is 6.93. The molecule has 0 bridgehead atoms. The van der Waals surface area contributed by atoms with Gasteiger partial charge in [0.1, 0.15) is 5.15 Å². The summed E-state index contributed by atoms with van der Waals surface area (Å²) in [6.45, 7) is 0.721. The molecule has 0 aromatic carbocycles. The van der Waals surface area contributed by atoms with E-state index in [1.165, 1.54) is 0 Å². The highest BCUT2D eigenvalue weighted by Crippen LogP contribution is 2.31. The van der Waals surface area contributed by atoms with E-state index in [0.717, 1.165) is 21.6 Å². The van der Waals surface area contributed by atoms with Crippen LogP contribution in [0.3, 0.4) is 0 Å². The number of carbonyl (C=O) groups excluding carboxylic acids is 1. The Labute approximate surface area is 118 Å². The monoisotopic (exact) mass is 368 g/mol. The molecule has 2 rings (SSSR count). The summed E-state index contributed by atoms with van der Waals surface area (Å²) in [7, 11) is 0. The molecular weight excluding hydrogens is 359 g/mol. The Morgan fingerprint density at radius 1 is 1.69 bits per heavy atom. The van der Waals surface area contributed by atoms with Crippen molar-refractivity contribution in [3.05, 3.63) is 21.0 Å². The van der Waals surface area contributed by atoms with Crippen LogP contribution in [0.15, 0.2) is 12.3 Å². The van der Waals surface area contributed by atoms with E-state index in [9.17, 15) is 4.79 Å². The number of hydrogen-bond donors (Lipinski definition) is 1. The van der Waals surface area contributed by atoms with Crippen LogP contribution in [0.25, 0.3) is 0 Å². The molecule has 3 nitrogen and oxygen atoms in total. The van der Waals surface area contributed by atoms with Crippen LogP contribution < -0.4 is 4.90 Å². The number of rotatable bonds is 2. The van der Waals surface area contributed by atoms with Crippen LogP contribution >= 0.6 is 46.8 Å². The molecule has 1 aliphatic heterocycles. The summed E-state index contributed by atoms with van der Waals surface area (Å²) < 4.78 is 0.829. The molecule has 1 amide bonds. The molecule has 1 aromatic heterocycles. The van der Waals surface area contributed by atoms with Crippen LogP contribution in [-0.2, 0) is 4.79 Å². The van der Waals surface area contributed by atoms with Gasteiger partial charge in [0, 0.05) is 19.2 Å². The fourth-order valence-electron chi connectivity index (χ4n) is 1.75. The zero-order valence-corrected chi connectivity index (χ0v) is 12.2. The van der Waals surface area contributed by atoms with Crippen LogP contribution in [0.4, 0.5) is 5.69 Å². The largest absolute Gasteiger partial charge is 0.311 e. The quantitative estimate of drug-likeness (QED) is 0.494. The van der Waals surface area contributed by atoms with Crippen molar-refractivity contribution in [1.82, 2.24) is 4.98 Å². The lowest BCUT2D eigenvalue weighted by Crippen LogP contribution is -2.25. The number of halogens is 2. The van der Waals surface area contributed by atoms with Gasteiger partial charge in [0.25, 0.3) is 0 Å². The smallest absolute Gasteiger partial charge is 0.227 e. The van der Waals surface area contributed by atoms with Crippen molar-refractivity contribution in [2.75, 3.05) is 17.2 Å². The van der Waals surface area contributed by atoms with E-state index in [2.05, 4.69) is 40.2 Å². The second-order valence-electron chi connectivity index (χ2n) is 3.69. The van der Waals surface area contributed by atoms with Crippen molar-refractivity contribution < 1.29 is 4.79 Å². The van der Waals surface area contributed by atoms with Crippen LogP contribution in [-0.4, -0.2) is 23.2 Å². The molecule has 0 radical (unpaired) electrons. The topological polar surface area (TPSA) is 33.2 Å². The zero-order chi connectivity index (χ0) is 11.7. The SMILES string of the molecule is O=C1CC(CS)CN1c1ccnc(Cl)c1I. The van der Waals surface area contributed by atoms with Crippen LogP contribution in [0.2, 0.25) is 5.15 Å². The van der Waals surface area contributed by atoms with Gasteiger partial charge in [0.05, 0.1) is 9.26 Å². The first-order chi connectivity index (χ1) is 7.63. The molecule has 1 fully saturated rings. The molecule has 86 valence electrons. The van der Waals surface area contributed by atoms with Crippen molar-refractivity contribution in [3.8, 4) is 0 Å². The maximum atomic E-state index is 11.8. The molecule has 6 heteroatoms. The molecule has 1 aliphatic rings. The molecule has 0 spiro atoms. The fourth-order valence-corrected chi connectivity index (χ4v) is 2.76. The minimum absolute atomic E-state index is 0.138. The standard InChI is InChI=1S/C10H10ClIN2OS/c11-10-9(12)7(1-2-13-10)14-4-6(5-16)3-8(14)15/h1-2,6,16H,3-5H2. The van der Waals surface area contributed by atoms with Crippen molar-refractivity contribution in [2.24, 2.45) is 5.92 Å². The number of hydrogen-bond acceptors (Lipinski definition) is 3. The number of pyridine rings is 1. The van der Waals surface area contributed by atoms with E-state index in [1.807, 2.05) is 6.07 Å². The van der Waals surface area contributed by atoms with E-state index in [-0.39, 0.29) is 5.91 Å². The van der Waals surface area contributed by atoms with Gasteiger partial charge in [-0.2, -0.15) is 12.6 Å². The minimum atomic E-state index is 0.138. The highest BCUT2D eigenvalue weighted by Gasteiger charge is 2.31. The molecule has 1 unspecified atom stereocenters. The minimum Gasteiger partial charge on any atom is -0.311 e. The fraction of sp³-hybridized carbons (Fsp3) is 0.400. The molecule has 1 saturated heterocycles. The number of carbonyl (C=O) groups is 1. The van der Waals surface area contributed by atoms with Crippen LogP contribution in [0.5, 0.6) is 0 Å². The van der Waals surface area contributed by atoms with Gasteiger partial charge in [-0.25, -0.2) is 4.98 Å². The Morgan fingerprint density at radius 2 is 2.44 bits per heavy atom. The van der Waals surface area contributed by atoms with Gasteiger partial charge in [0.15, 0.2) is 0 Å². The maximum absolute atomic E-state index is 11.8. The van der Waals surface area contributed by atoms with E-state index in [0.29, 0.717) is 17.5 Å². The Kier molecular flexibility index (Phi) is 3.97. The molecule has 0 aliphatic carbocycles. The van der Waals surface area contributed by atoms with Crippen molar-refractivity contribution in [2.45, 2.75) is 6.42 Å². The molecule has 0 N–H and O–H groups in total. The molecule has 1 aromatic rings. The average Bonchev–Trinajstić information content (AvgIpc) is 2.64. The second-order valence-corrected chi connectivity index (χ2v) is 5.49. The predicted molar refractivity (Wildman–Crippen MR) is 76.3 cm³/mol. The second kappa shape index (κ2) is 5.10. The molecule has 2 heterocycles. The number of amides is 1. The van der Waals surface area contributed by atoms with E-state index < -0.39 is 0 Å². The lowest BCUT2D eigenvalue weighted by molar-refractivity contribution is -0.117. The Hall–Kier alpha value is -0.0100. The number of thiol groups is 1. The van der Waals surface area contributed by atoms with Gasteiger partial charge in [-0.05, 0) is 40.3 Å². The predicted octanol–water partition coefficient (Wildman–Crippen LogP) is 2.62. The van der Waals surface area contributed by atoms with Crippen molar-refractivity contribution in [1.29, 1.82) is 0 Å². The molecule has 16 heavy (non-hydrogen) atoms. The Bertz CT molecular complexity index is 429. The summed E-state index contributed by atoms with van der Waals surface area (Å²) >= 11 is 12.3. The van der Waals surface area contributed by atoms with Crippen LogP contribution in [0.1, 0.15) is 6.42 Å². The van der Waals surface area contributed by atoms with Gasteiger partial charge in [-0.3, -0.25) is 4.79 Å².